The zero-order valence-corrected chi connectivity index (χ0v) is 21.0. The number of carbonyl (C=O) groups is 3. The zero-order chi connectivity index (χ0) is 25.3. The number of carbonyl (C=O) groups excluding carboxylic acids is 3. The summed E-state index contributed by atoms with van der Waals surface area (Å²) in [5.41, 5.74) is 3.06. The van der Waals surface area contributed by atoms with Gasteiger partial charge in [-0.3, -0.25) is 9.59 Å². The van der Waals surface area contributed by atoms with E-state index in [0.29, 0.717) is 12.2 Å². The Bertz CT molecular complexity index is 952. The lowest BCUT2D eigenvalue weighted by atomic mass is 9.81. The molecule has 0 radical (unpaired) electrons. The first-order valence-electron chi connectivity index (χ1n) is 11.7. The smallest absolute Gasteiger partial charge is 0.331 e. The van der Waals surface area contributed by atoms with Crippen LogP contribution in [0.5, 0.6) is 5.75 Å². The van der Waals surface area contributed by atoms with Crippen LogP contribution in [-0.2, 0) is 23.9 Å². The fourth-order valence-corrected chi connectivity index (χ4v) is 4.17. The first-order chi connectivity index (χ1) is 16.0. The van der Waals surface area contributed by atoms with E-state index in [0.717, 1.165) is 29.6 Å². The van der Waals surface area contributed by atoms with Crippen LogP contribution in [0.2, 0.25) is 0 Å². The topological polar surface area (TPSA) is 78.9 Å². The SMILES string of the molecule is CC(=O)Oc1ccc(C=CC(=O)O[C@H]2CC(C)=CCCC(C)=C[C@H](OC(C)=O)[C@@H]2C(C)C)cc1. The van der Waals surface area contributed by atoms with Gasteiger partial charge in [0.05, 0.1) is 0 Å². The van der Waals surface area contributed by atoms with E-state index in [-0.39, 0.29) is 17.8 Å². The molecule has 2 rings (SSSR count). The molecule has 1 aromatic rings. The summed E-state index contributed by atoms with van der Waals surface area (Å²) in [6.07, 6.45) is 8.65. The van der Waals surface area contributed by atoms with Crippen molar-refractivity contribution >= 4 is 24.0 Å². The lowest BCUT2D eigenvalue weighted by Gasteiger charge is -2.35. The van der Waals surface area contributed by atoms with Gasteiger partial charge in [0.25, 0.3) is 0 Å². The molecular weight excluding hydrogens is 432 g/mol. The van der Waals surface area contributed by atoms with Crippen LogP contribution in [0.4, 0.5) is 0 Å². The molecule has 0 spiro atoms. The summed E-state index contributed by atoms with van der Waals surface area (Å²) in [5, 5.41) is 0. The van der Waals surface area contributed by atoms with Crippen molar-refractivity contribution < 1.29 is 28.6 Å². The maximum atomic E-state index is 12.8. The quantitative estimate of drug-likeness (QED) is 0.227. The molecule has 0 bridgehead atoms. The average Bonchev–Trinajstić information content (AvgIpc) is 2.71. The van der Waals surface area contributed by atoms with Crippen LogP contribution in [-0.4, -0.2) is 30.1 Å². The molecule has 184 valence electrons. The lowest BCUT2D eigenvalue weighted by Crippen LogP contribution is -2.40. The number of rotatable bonds is 6. The summed E-state index contributed by atoms with van der Waals surface area (Å²) in [4.78, 5) is 35.7. The molecule has 0 saturated carbocycles. The monoisotopic (exact) mass is 468 g/mol. The van der Waals surface area contributed by atoms with Crippen molar-refractivity contribution in [1.29, 1.82) is 0 Å². The molecule has 0 aliphatic heterocycles. The summed E-state index contributed by atoms with van der Waals surface area (Å²) in [6, 6.07) is 6.82. The molecule has 0 amide bonds. The zero-order valence-electron chi connectivity index (χ0n) is 21.0. The number of hydrogen-bond donors (Lipinski definition) is 0. The van der Waals surface area contributed by atoms with Crippen molar-refractivity contribution in [3.8, 4) is 5.75 Å². The van der Waals surface area contributed by atoms with Crippen LogP contribution in [0.25, 0.3) is 6.08 Å². The maximum absolute atomic E-state index is 12.8. The van der Waals surface area contributed by atoms with Gasteiger partial charge >= 0.3 is 17.9 Å². The van der Waals surface area contributed by atoms with E-state index in [4.69, 9.17) is 14.2 Å². The molecule has 0 N–H and O–H groups in total. The van der Waals surface area contributed by atoms with E-state index < -0.39 is 24.1 Å². The van der Waals surface area contributed by atoms with Gasteiger partial charge in [-0.05, 0) is 62.5 Å². The Labute approximate surface area is 202 Å². The normalized spacial score (nSPS) is 21.4. The van der Waals surface area contributed by atoms with Crippen molar-refractivity contribution in [3.05, 3.63) is 59.2 Å². The predicted octanol–water partition coefficient (Wildman–Crippen LogP) is 5.82. The first kappa shape index (κ1) is 27.1. The maximum Gasteiger partial charge on any atom is 0.331 e. The lowest BCUT2D eigenvalue weighted by molar-refractivity contribution is -0.156. The van der Waals surface area contributed by atoms with Crippen molar-refractivity contribution in [3.63, 3.8) is 0 Å². The molecule has 0 unspecified atom stereocenters. The fraction of sp³-hybridized carbons (Fsp3) is 0.464. The molecule has 1 aliphatic rings. The molecule has 0 heterocycles. The van der Waals surface area contributed by atoms with Crippen LogP contribution in [0.3, 0.4) is 0 Å². The number of hydrogen-bond acceptors (Lipinski definition) is 6. The van der Waals surface area contributed by atoms with Gasteiger partial charge in [-0.1, -0.05) is 43.2 Å². The molecule has 6 heteroatoms. The predicted molar refractivity (Wildman–Crippen MR) is 132 cm³/mol. The summed E-state index contributed by atoms with van der Waals surface area (Å²) in [5.74, 6) is -0.857. The van der Waals surface area contributed by atoms with Crippen LogP contribution in [0, 0.1) is 11.8 Å². The van der Waals surface area contributed by atoms with Crippen LogP contribution >= 0.6 is 0 Å². The van der Waals surface area contributed by atoms with E-state index in [9.17, 15) is 14.4 Å². The second-order valence-corrected chi connectivity index (χ2v) is 9.17. The van der Waals surface area contributed by atoms with Gasteiger partial charge in [-0.15, -0.1) is 0 Å². The third-order valence-electron chi connectivity index (χ3n) is 5.70. The fourth-order valence-electron chi connectivity index (χ4n) is 4.17. The van der Waals surface area contributed by atoms with Crippen LogP contribution < -0.4 is 4.74 Å². The van der Waals surface area contributed by atoms with E-state index >= 15 is 0 Å². The van der Waals surface area contributed by atoms with E-state index in [1.165, 1.54) is 19.9 Å². The third-order valence-corrected chi connectivity index (χ3v) is 5.70. The second-order valence-electron chi connectivity index (χ2n) is 9.17. The highest BCUT2D eigenvalue weighted by atomic mass is 16.6. The number of ether oxygens (including phenoxy) is 3. The van der Waals surface area contributed by atoms with E-state index in [1.54, 1.807) is 30.3 Å². The van der Waals surface area contributed by atoms with Crippen molar-refractivity contribution in [2.75, 3.05) is 0 Å². The first-order valence-corrected chi connectivity index (χ1v) is 11.7. The van der Waals surface area contributed by atoms with E-state index in [1.807, 2.05) is 19.9 Å². The number of esters is 3. The molecule has 1 aromatic carbocycles. The van der Waals surface area contributed by atoms with Gasteiger partial charge in [0.15, 0.2) is 0 Å². The second kappa shape index (κ2) is 12.9. The Morgan fingerprint density at radius 1 is 0.971 bits per heavy atom. The highest BCUT2D eigenvalue weighted by Gasteiger charge is 2.36. The summed E-state index contributed by atoms with van der Waals surface area (Å²) in [6.45, 7) is 10.9. The molecule has 1 aliphatic carbocycles. The Hall–Kier alpha value is -3.15. The van der Waals surface area contributed by atoms with Crippen LogP contribution in [0.15, 0.2) is 53.6 Å². The van der Waals surface area contributed by atoms with Gasteiger partial charge in [0.2, 0.25) is 0 Å². The Kier molecular flexibility index (Phi) is 10.3. The standard InChI is InChI=1S/C28H36O6/c1-18(2)28-25(33-22(6)30)16-19(3)8-7-9-20(4)17-26(28)34-27(31)15-12-23-10-13-24(14-11-23)32-21(5)29/h9-16,18,25-26,28H,7-8,17H2,1-6H3/t25-,26-,28-/m0/s1. The number of benzene rings is 1. The third kappa shape index (κ3) is 9.00. The highest BCUT2D eigenvalue weighted by Crippen LogP contribution is 2.32. The molecule has 0 aromatic heterocycles. The summed E-state index contributed by atoms with van der Waals surface area (Å²) >= 11 is 0. The van der Waals surface area contributed by atoms with Crippen LogP contribution in [0.1, 0.15) is 66.4 Å². The van der Waals surface area contributed by atoms with Gasteiger partial charge < -0.3 is 14.2 Å². The largest absolute Gasteiger partial charge is 0.458 e. The average molecular weight is 469 g/mol. The molecular formula is C28H36O6. The van der Waals surface area contributed by atoms with Crippen molar-refractivity contribution in [2.24, 2.45) is 11.8 Å². The molecule has 0 saturated heterocycles. The Morgan fingerprint density at radius 2 is 1.65 bits per heavy atom. The van der Waals surface area contributed by atoms with E-state index in [2.05, 4.69) is 19.9 Å². The van der Waals surface area contributed by atoms with Crippen molar-refractivity contribution in [1.82, 2.24) is 0 Å². The van der Waals surface area contributed by atoms with Gasteiger partial charge in [-0.2, -0.15) is 0 Å². The highest BCUT2D eigenvalue weighted by molar-refractivity contribution is 5.87. The van der Waals surface area contributed by atoms with Gasteiger partial charge in [-0.25, -0.2) is 4.79 Å². The Morgan fingerprint density at radius 3 is 2.24 bits per heavy atom. The minimum Gasteiger partial charge on any atom is -0.458 e. The van der Waals surface area contributed by atoms with Gasteiger partial charge in [0, 0.05) is 32.3 Å². The molecule has 3 atom stereocenters. The molecule has 6 nitrogen and oxygen atoms in total. The summed E-state index contributed by atoms with van der Waals surface area (Å²) in [7, 11) is 0. The van der Waals surface area contributed by atoms with Crippen molar-refractivity contribution in [2.45, 2.75) is 73.0 Å². The minimum absolute atomic E-state index is 0.108. The minimum atomic E-state index is -0.473. The molecule has 0 fully saturated rings. The Balaban J connectivity index is 2.25. The number of allylic oxidation sites excluding steroid dienone is 2. The summed E-state index contributed by atoms with van der Waals surface area (Å²) < 4.78 is 16.7. The van der Waals surface area contributed by atoms with Gasteiger partial charge in [0.1, 0.15) is 18.0 Å². The molecule has 34 heavy (non-hydrogen) atoms.